The lowest BCUT2D eigenvalue weighted by Gasteiger charge is -2.30. The van der Waals surface area contributed by atoms with Crippen molar-refractivity contribution < 1.29 is 21.9 Å². The number of hydrogen-bond donors (Lipinski definition) is 0. The van der Waals surface area contributed by atoms with Crippen LogP contribution in [-0.4, -0.2) is 31.2 Å². The predicted molar refractivity (Wildman–Crippen MR) is 94.8 cm³/mol. The first-order valence-corrected chi connectivity index (χ1v) is 10.0. The van der Waals surface area contributed by atoms with Crippen LogP contribution in [0.5, 0.6) is 0 Å². The molecule has 0 unspecified atom stereocenters. The van der Waals surface area contributed by atoms with Gasteiger partial charge in [-0.2, -0.15) is 4.31 Å². The van der Waals surface area contributed by atoms with Gasteiger partial charge < -0.3 is 4.74 Å². The van der Waals surface area contributed by atoms with Crippen LogP contribution in [0, 0.1) is 11.6 Å². The van der Waals surface area contributed by atoms with Crippen molar-refractivity contribution >= 4 is 10.0 Å². The summed E-state index contributed by atoms with van der Waals surface area (Å²) in [7, 11) is -3.57. The van der Waals surface area contributed by atoms with E-state index in [1.807, 2.05) is 0 Å². The number of ether oxygens (including phenoxy) is 1. The van der Waals surface area contributed by atoms with E-state index in [-0.39, 0.29) is 24.7 Å². The summed E-state index contributed by atoms with van der Waals surface area (Å²) in [5.74, 6) is -0.739. The molecule has 140 valence electrons. The maximum atomic E-state index is 13.2. The van der Waals surface area contributed by atoms with Crippen LogP contribution in [0.3, 0.4) is 0 Å². The van der Waals surface area contributed by atoms with Crippen molar-refractivity contribution in [3.63, 3.8) is 0 Å². The number of sulfonamides is 1. The molecule has 0 N–H and O–H groups in total. The molecule has 1 saturated heterocycles. The van der Waals surface area contributed by atoms with E-state index in [0.29, 0.717) is 37.2 Å². The second-order valence-corrected chi connectivity index (χ2v) is 8.59. The van der Waals surface area contributed by atoms with Gasteiger partial charge in [-0.05, 0) is 48.2 Å². The average molecular weight is 381 g/mol. The molecule has 0 aliphatic carbocycles. The maximum absolute atomic E-state index is 13.2. The zero-order valence-electron chi connectivity index (χ0n) is 14.3. The number of benzene rings is 2. The summed E-state index contributed by atoms with van der Waals surface area (Å²) < 4.78 is 59.3. The highest BCUT2D eigenvalue weighted by Crippen LogP contribution is 2.24. The van der Waals surface area contributed by atoms with Crippen LogP contribution < -0.4 is 0 Å². The second-order valence-electron chi connectivity index (χ2n) is 6.38. The lowest BCUT2D eigenvalue weighted by Crippen LogP contribution is -2.40. The fourth-order valence-electron chi connectivity index (χ4n) is 3.01. The zero-order chi connectivity index (χ0) is 18.6. The zero-order valence-corrected chi connectivity index (χ0v) is 15.1. The standard InChI is InChI=1S/C19H21F2NO3S/c20-17-5-1-15(2-6-17)13-22(14-16-3-7-18(21)8-4-16)26(23,24)19-9-11-25-12-10-19/h1-8,19H,9-14H2. The summed E-state index contributed by atoms with van der Waals surface area (Å²) in [4.78, 5) is 0. The van der Waals surface area contributed by atoms with Crippen molar-refractivity contribution in [1.82, 2.24) is 4.31 Å². The van der Waals surface area contributed by atoms with Crippen molar-refractivity contribution in [1.29, 1.82) is 0 Å². The Bertz CT molecular complexity index is 769. The van der Waals surface area contributed by atoms with E-state index < -0.39 is 15.3 Å². The summed E-state index contributed by atoms with van der Waals surface area (Å²) >= 11 is 0. The minimum Gasteiger partial charge on any atom is -0.381 e. The maximum Gasteiger partial charge on any atom is 0.217 e. The van der Waals surface area contributed by atoms with Crippen LogP contribution in [-0.2, 0) is 27.8 Å². The van der Waals surface area contributed by atoms with Crippen molar-refractivity contribution in [3.05, 3.63) is 71.3 Å². The molecule has 0 saturated carbocycles. The minimum atomic E-state index is -3.57. The molecule has 1 fully saturated rings. The number of nitrogens with zero attached hydrogens (tertiary/aromatic N) is 1. The van der Waals surface area contributed by atoms with E-state index in [1.54, 1.807) is 24.3 Å². The molecule has 0 spiro atoms. The topological polar surface area (TPSA) is 46.6 Å². The molecule has 1 heterocycles. The Morgan fingerprint density at radius 1 is 0.846 bits per heavy atom. The highest BCUT2D eigenvalue weighted by Gasteiger charge is 2.33. The Kier molecular flexibility index (Phi) is 6.01. The van der Waals surface area contributed by atoms with Gasteiger partial charge in [0, 0.05) is 26.3 Å². The lowest BCUT2D eigenvalue weighted by molar-refractivity contribution is 0.0970. The minimum absolute atomic E-state index is 0.136. The normalized spacial score (nSPS) is 16.1. The van der Waals surface area contributed by atoms with Crippen molar-refractivity contribution in [3.8, 4) is 0 Å². The van der Waals surface area contributed by atoms with Gasteiger partial charge in [-0.15, -0.1) is 0 Å². The fourth-order valence-corrected chi connectivity index (χ4v) is 4.88. The molecule has 7 heteroatoms. The molecule has 3 rings (SSSR count). The molecule has 26 heavy (non-hydrogen) atoms. The lowest BCUT2D eigenvalue weighted by atomic mass is 10.2. The highest BCUT2D eigenvalue weighted by atomic mass is 32.2. The summed E-state index contributed by atoms with van der Waals surface area (Å²) in [6, 6.07) is 11.6. The van der Waals surface area contributed by atoms with E-state index in [0.717, 1.165) is 0 Å². The molecule has 2 aromatic carbocycles. The fraction of sp³-hybridized carbons (Fsp3) is 0.368. The average Bonchev–Trinajstić information content (AvgIpc) is 2.65. The summed E-state index contributed by atoms with van der Waals surface area (Å²) in [5.41, 5.74) is 1.40. The second kappa shape index (κ2) is 8.24. The molecule has 0 aromatic heterocycles. The predicted octanol–water partition coefficient (Wildman–Crippen LogP) is 3.48. The van der Waals surface area contributed by atoms with Gasteiger partial charge >= 0.3 is 0 Å². The van der Waals surface area contributed by atoms with Gasteiger partial charge in [0.2, 0.25) is 10.0 Å². The van der Waals surface area contributed by atoms with Gasteiger partial charge in [0.05, 0.1) is 5.25 Å². The molecule has 0 bridgehead atoms. The molecular weight excluding hydrogens is 360 g/mol. The SMILES string of the molecule is O=S(=O)(C1CCOCC1)N(Cc1ccc(F)cc1)Cc1ccc(F)cc1. The van der Waals surface area contributed by atoms with Crippen molar-refractivity contribution in [2.24, 2.45) is 0 Å². The van der Waals surface area contributed by atoms with E-state index >= 15 is 0 Å². The first-order chi connectivity index (χ1) is 12.4. The van der Waals surface area contributed by atoms with Crippen LogP contribution in [0.25, 0.3) is 0 Å². The molecule has 0 amide bonds. The third-order valence-electron chi connectivity index (χ3n) is 4.49. The van der Waals surface area contributed by atoms with Crippen LogP contribution >= 0.6 is 0 Å². The van der Waals surface area contributed by atoms with Gasteiger partial charge in [-0.1, -0.05) is 24.3 Å². The molecule has 4 nitrogen and oxygen atoms in total. The molecule has 1 aliphatic heterocycles. The molecule has 0 radical (unpaired) electrons. The van der Waals surface area contributed by atoms with Crippen LogP contribution in [0.4, 0.5) is 8.78 Å². The van der Waals surface area contributed by atoms with E-state index in [1.165, 1.54) is 28.6 Å². The van der Waals surface area contributed by atoms with Crippen LogP contribution in [0.2, 0.25) is 0 Å². The molecular formula is C19H21F2NO3S. The Labute approximate surface area is 152 Å². The van der Waals surface area contributed by atoms with Gasteiger partial charge in [-0.3, -0.25) is 0 Å². The van der Waals surface area contributed by atoms with Crippen molar-refractivity contribution in [2.75, 3.05) is 13.2 Å². The third-order valence-corrected chi connectivity index (χ3v) is 6.79. The Balaban J connectivity index is 1.86. The molecule has 1 aliphatic rings. The largest absolute Gasteiger partial charge is 0.381 e. The van der Waals surface area contributed by atoms with Gasteiger partial charge in [0.15, 0.2) is 0 Å². The van der Waals surface area contributed by atoms with E-state index in [4.69, 9.17) is 4.74 Å². The Hall–Kier alpha value is -1.83. The third kappa shape index (κ3) is 4.66. The number of rotatable bonds is 6. The quantitative estimate of drug-likeness (QED) is 0.770. The Morgan fingerprint density at radius 3 is 1.69 bits per heavy atom. The smallest absolute Gasteiger partial charge is 0.217 e. The van der Waals surface area contributed by atoms with Crippen LogP contribution in [0.1, 0.15) is 24.0 Å². The highest BCUT2D eigenvalue weighted by molar-refractivity contribution is 7.89. The van der Waals surface area contributed by atoms with E-state index in [2.05, 4.69) is 0 Å². The molecule has 0 atom stereocenters. The van der Waals surface area contributed by atoms with Crippen molar-refractivity contribution in [2.45, 2.75) is 31.2 Å². The van der Waals surface area contributed by atoms with Gasteiger partial charge in [0.1, 0.15) is 11.6 Å². The van der Waals surface area contributed by atoms with Gasteiger partial charge in [-0.25, -0.2) is 17.2 Å². The Morgan fingerprint density at radius 2 is 1.27 bits per heavy atom. The van der Waals surface area contributed by atoms with E-state index in [9.17, 15) is 17.2 Å². The first-order valence-electron chi connectivity index (χ1n) is 8.51. The van der Waals surface area contributed by atoms with Crippen LogP contribution in [0.15, 0.2) is 48.5 Å². The molecule has 2 aromatic rings. The monoisotopic (exact) mass is 381 g/mol. The first kappa shape index (κ1) is 18.9. The van der Waals surface area contributed by atoms with Gasteiger partial charge in [0.25, 0.3) is 0 Å². The summed E-state index contributed by atoms with van der Waals surface area (Å²) in [6.07, 6.45) is 0.900. The number of hydrogen-bond acceptors (Lipinski definition) is 3. The number of halogens is 2. The summed E-state index contributed by atoms with van der Waals surface area (Å²) in [6.45, 7) is 1.12. The summed E-state index contributed by atoms with van der Waals surface area (Å²) in [5, 5.41) is -0.503.